The molecule has 0 radical (unpaired) electrons. The van der Waals surface area contributed by atoms with Crippen molar-refractivity contribution in [2.24, 2.45) is 4.99 Å². The van der Waals surface area contributed by atoms with E-state index in [0.29, 0.717) is 32.1 Å². The number of hydrogen-bond acceptors (Lipinski definition) is 4. The number of nitrogens with zero attached hydrogens (tertiary/aromatic N) is 2. The SMILES string of the molecule is CN=C(NCCN1CCS(=O)(=O)CC1)NCC1(c2ccccc2F)CC1. The summed E-state index contributed by atoms with van der Waals surface area (Å²) in [6, 6.07) is 6.98. The quantitative estimate of drug-likeness (QED) is 0.561. The Bertz CT molecular complexity index is 748. The maximum absolute atomic E-state index is 14.1. The zero-order chi connectivity index (χ0) is 18.6. The number of aliphatic imine (C=N–C) groups is 1. The summed E-state index contributed by atoms with van der Waals surface area (Å²) in [4.78, 5) is 6.37. The van der Waals surface area contributed by atoms with Crippen LogP contribution in [0.4, 0.5) is 4.39 Å². The third kappa shape index (κ3) is 4.73. The van der Waals surface area contributed by atoms with E-state index in [0.717, 1.165) is 24.9 Å². The van der Waals surface area contributed by atoms with Gasteiger partial charge in [-0.25, -0.2) is 12.8 Å². The minimum atomic E-state index is -2.84. The van der Waals surface area contributed by atoms with Gasteiger partial charge in [0, 0.05) is 45.2 Å². The van der Waals surface area contributed by atoms with Crippen LogP contribution in [0.2, 0.25) is 0 Å². The highest BCUT2D eigenvalue weighted by Crippen LogP contribution is 2.48. The Morgan fingerprint density at radius 2 is 1.92 bits per heavy atom. The van der Waals surface area contributed by atoms with Gasteiger partial charge >= 0.3 is 0 Å². The maximum Gasteiger partial charge on any atom is 0.191 e. The molecule has 144 valence electrons. The molecule has 1 aromatic rings. The molecular formula is C18H27FN4O2S. The predicted molar refractivity (Wildman–Crippen MR) is 102 cm³/mol. The van der Waals surface area contributed by atoms with Crippen LogP contribution in [0.3, 0.4) is 0 Å². The predicted octanol–water partition coefficient (Wildman–Crippen LogP) is 0.753. The van der Waals surface area contributed by atoms with Crippen molar-refractivity contribution in [2.45, 2.75) is 18.3 Å². The van der Waals surface area contributed by atoms with Gasteiger partial charge in [0.25, 0.3) is 0 Å². The average molecular weight is 383 g/mol. The summed E-state index contributed by atoms with van der Waals surface area (Å²) in [6.45, 7) is 3.29. The number of sulfone groups is 1. The summed E-state index contributed by atoms with van der Waals surface area (Å²) >= 11 is 0. The van der Waals surface area contributed by atoms with Crippen molar-refractivity contribution in [3.05, 3.63) is 35.6 Å². The molecule has 26 heavy (non-hydrogen) atoms. The maximum atomic E-state index is 14.1. The van der Waals surface area contributed by atoms with Crippen molar-refractivity contribution < 1.29 is 12.8 Å². The molecule has 0 aromatic heterocycles. The fourth-order valence-corrected chi connectivity index (χ4v) is 4.64. The number of hydrogen-bond donors (Lipinski definition) is 2. The summed E-state index contributed by atoms with van der Waals surface area (Å²) in [5.74, 6) is 1.03. The number of guanidine groups is 1. The second-order valence-electron chi connectivity index (χ2n) is 7.11. The van der Waals surface area contributed by atoms with Gasteiger partial charge in [-0.3, -0.25) is 9.89 Å². The Balaban J connectivity index is 1.44. The zero-order valence-electron chi connectivity index (χ0n) is 15.2. The van der Waals surface area contributed by atoms with E-state index in [1.165, 1.54) is 6.07 Å². The van der Waals surface area contributed by atoms with Gasteiger partial charge in [-0.1, -0.05) is 18.2 Å². The molecule has 2 aliphatic rings. The molecule has 1 aromatic carbocycles. The Kier molecular flexibility index (Phi) is 5.82. The van der Waals surface area contributed by atoms with Crippen molar-refractivity contribution >= 4 is 15.8 Å². The molecule has 8 heteroatoms. The number of benzene rings is 1. The van der Waals surface area contributed by atoms with E-state index in [2.05, 4.69) is 20.5 Å². The molecule has 1 saturated carbocycles. The molecule has 1 heterocycles. The van der Waals surface area contributed by atoms with Crippen molar-refractivity contribution in [1.29, 1.82) is 0 Å². The largest absolute Gasteiger partial charge is 0.356 e. The minimum Gasteiger partial charge on any atom is -0.356 e. The number of rotatable bonds is 6. The van der Waals surface area contributed by atoms with Crippen LogP contribution < -0.4 is 10.6 Å². The summed E-state index contributed by atoms with van der Waals surface area (Å²) in [7, 11) is -1.12. The summed E-state index contributed by atoms with van der Waals surface area (Å²) in [6.07, 6.45) is 1.94. The van der Waals surface area contributed by atoms with Gasteiger partial charge < -0.3 is 10.6 Å². The van der Waals surface area contributed by atoms with Gasteiger partial charge in [-0.15, -0.1) is 0 Å². The first-order chi connectivity index (χ1) is 12.4. The molecule has 0 unspecified atom stereocenters. The molecule has 2 N–H and O–H groups in total. The van der Waals surface area contributed by atoms with E-state index in [4.69, 9.17) is 0 Å². The lowest BCUT2D eigenvalue weighted by atomic mass is 9.95. The lowest BCUT2D eigenvalue weighted by Crippen LogP contribution is -2.47. The average Bonchev–Trinajstić information content (AvgIpc) is 3.40. The molecule has 2 fully saturated rings. The Hall–Kier alpha value is -1.67. The van der Waals surface area contributed by atoms with Gasteiger partial charge in [0.2, 0.25) is 0 Å². The summed E-state index contributed by atoms with van der Waals surface area (Å²) in [5.41, 5.74) is 0.641. The fourth-order valence-electron chi connectivity index (χ4n) is 3.36. The normalized spacial score (nSPS) is 22.0. The molecular weight excluding hydrogens is 355 g/mol. The highest BCUT2D eigenvalue weighted by Gasteiger charge is 2.45. The Morgan fingerprint density at radius 3 is 2.54 bits per heavy atom. The van der Waals surface area contributed by atoms with Gasteiger partial charge in [-0.05, 0) is 24.5 Å². The standard InChI is InChI=1S/C18H27FN4O2S/c1-20-17(21-8-9-23-10-12-26(24,25)13-11-23)22-14-18(6-7-18)15-4-2-3-5-16(15)19/h2-5H,6-14H2,1H3,(H2,20,21,22). The zero-order valence-corrected chi connectivity index (χ0v) is 16.0. The lowest BCUT2D eigenvalue weighted by Gasteiger charge is -2.27. The molecule has 1 aliphatic carbocycles. The third-order valence-corrected chi connectivity index (χ3v) is 6.88. The van der Waals surface area contributed by atoms with Gasteiger partial charge in [0.05, 0.1) is 11.5 Å². The smallest absolute Gasteiger partial charge is 0.191 e. The molecule has 1 saturated heterocycles. The Labute approximate surface area is 154 Å². The fraction of sp³-hybridized carbons (Fsp3) is 0.611. The molecule has 3 rings (SSSR count). The lowest BCUT2D eigenvalue weighted by molar-refractivity contribution is 0.299. The van der Waals surface area contributed by atoms with Crippen molar-refractivity contribution in [1.82, 2.24) is 15.5 Å². The molecule has 0 bridgehead atoms. The highest BCUT2D eigenvalue weighted by atomic mass is 32.2. The Morgan fingerprint density at radius 1 is 1.23 bits per heavy atom. The number of nitrogens with one attached hydrogen (secondary N) is 2. The van der Waals surface area contributed by atoms with Crippen molar-refractivity contribution in [2.75, 3.05) is 51.3 Å². The van der Waals surface area contributed by atoms with Gasteiger partial charge in [0.15, 0.2) is 15.8 Å². The second kappa shape index (κ2) is 7.92. The van der Waals surface area contributed by atoms with Crippen LogP contribution in [0.5, 0.6) is 0 Å². The van der Waals surface area contributed by atoms with Crippen LogP contribution in [0, 0.1) is 5.82 Å². The first-order valence-corrected chi connectivity index (χ1v) is 10.9. The van der Waals surface area contributed by atoms with E-state index < -0.39 is 9.84 Å². The van der Waals surface area contributed by atoms with Gasteiger partial charge in [0.1, 0.15) is 5.82 Å². The summed E-state index contributed by atoms with van der Waals surface area (Å²) < 4.78 is 37.0. The van der Waals surface area contributed by atoms with E-state index >= 15 is 0 Å². The van der Waals surface area contributed by atoms with E-state index in [-0.39, 0.29) is 22.7 Å². The molecule has 6 nitrogen and oxygen atoms in total. The van der Waals surface area contributed by atoms with Crippen molar-refractivity contribution in [3.8, 4) is 0 Å². The van der Waals surface area contributed by atoms with Crippen LogP contribution in [-0.4, -0.2) is 70.6 Å². The van der Waals surface area contributed by atoms with E-state index in [9.17, 15) is 12.8 Å². The van der Waals surface area contributed by atoms with E-state index in [1.807, 2.05) is 12.1 Å². The highest BCUT2D eigenvalue weighted by molar-refractivity contribution is 7.91. The van der Waals surface area contributed by atoms with Crippen LogP contribution in [0.15, 0.2) is 29.3 Å². The van der Waals surface area contributed by atoms with Gasteiger partial charge in [-0.2, -0.15) is 0 Å². The first-order valence-electron chi connectivity index (χ1n) is 9.06. The molecule has 0 amide bonds. The number of halogens is 1. The monoisotopic (exact) mass is 382 g/mol. The second-order valence-corrected chi connectivity index (χ2v) is 9.41. The van der Waals surface area contributed by atoms with Crippen LogP contribution in [-0.2, 0) is 15.3 Å². The topological polar surface area (TPSA) is 73.8 Å². The summed E-state index contributed by atoms with van der Waals surface area (Å²) in [5, 5.41) is 6.56. The van der Waals surface area contributed by atoms with Crippen LogP contribution in [0.25, 0.3) is 0 Å². The first kappa shape index (κ1) is 19.1. The molecule has 0 atom stereocenters. The van der Waals surface area contributed by atoms with Crippen molar-refractivity contribution in [3.63, 3.8) is 0 Å². The van der Waals surface area contributed by atoms with Crippen LogP contribution in [0.1, 0.15) is 18.4 Å². The van der Waals surface area contributed by atoms with E-state index in [1.54, 1.807) is 13.1 Å². The molecule has 0 spiro atoms. The minimum absolute atomic E-state index is 0.135. The van der Waals surface area contributed by atoms with Crippen LogP contribution >= 0.6 is 0 Å². The third-order valence-electron chi connectivity index (χ3n) is 5.27. The molecule has 1 aliphatic heterocycles.